The standard InChI is InChI=1S/C13H19ClN2O4S/c1-9(6-7-16(2)3)15-21(19,20)12-8-10(13(17)18)4-5-11(12)14/h4-5,8-9,15H,6-7H2,1-3H3,(H,17,18). The minimum Gasteiger partial charge on any atom is -0.478 e. The Balaban J connectivity index is 2.97. The third-order valence-corrected chi connectivity index (χ3v) is 4.90. The van der Waals surface area contributed by atoms with E-state index in [-0.39, 0.29) is 21.5 Å². The zero-order valence-corrected chi connectivity index (χ0v) is 13.7. The summed E-state index contributed by atoms with van der Waals surface area (Å²) in [7, 11) is -0.0634. The van der Waals surface area contributed by atoms with E-state index < -0.39 is 16.0 Å². The molecule has 21 heavy (non-hydrogen) atoms. The lowest BCUT2D eigenvalue weighted by molar-refractivity contribution is 0.0696. The van der Waals surface area contributed by atoms with Crippen LogP contribution in [0.2, 0.25) is 5.02 Å². The van der Waals surface area contributed by atoms with E-state index in [2.05, 4.69) is 4.72 Å². The molecule has 0 aliphatic rings. The molecular formula is C13H19ClN2O4S. The summed E-state index contributed by atoms with van der Waals surface area (Å²) in [5, 5.41) is 8.92. The van der Waals surface area contributed by atoms with Crippen LogP contribution in [0.25, 0.3) is 0 Å². The molecule has 8 heteroatoms. The lowest BCUT2D eigenvalue weighted by Crippen LogP contribution is -2.35. The summed E-state index contributed by atoms with van der Waals surface area (Å²) in [5.41, 5.74) is -0.124. The maximum atomic E-state index is 12.3. The Bertz CT molecular complexity index is 617. The van der Waals surface area contributed by atoms with E-state index in [1.54, 1.807) is 6.92 Å². The minimum absolute atomic E-state index is 0.00712. The number of nitrogens with zero attached hydrogens (tertiary/aromatic N) is 1. The van der Waals surface area contributed by atoms with E-state index in [0.717, 1.165) is 12.6 Å². The molecule has 1 aromatic rings. The zero-order valence-electron chi connectivity index (χ0n) is 12.1. The summed E-state index contributed by atoms with van der Waals surface area (Å²) in [6, 6.07) is 3.30. The molecule has 0 aromatic heterocycles. The van der Waals surface area contributed by atoms with Gasteiger partial charge in [0, 0.05) is 6.04 Å². The fourth-order valence-electron chi connectivity index (χ4n) is 1.68. The highest BCUT2D eigenvalue weighted by Gasteiger charge is 2.22. The molecule has 1 rings (SSSR count). The van der Waals surface area contributed by atoms with Crippen molar-refractivity contribution in [2.24, 2.45) is 0 Å². The molecule has 0 fully saturated rings. The van der Waals surface area contributed by atoms with Crippen molar-refractivity contribution in [3.8, 4) is 0 Å². The predicted octanol–water partition coefficient (Wildman–Crippen LogP) is 1.66. The molecule has 6 nitrogen and oxygen atoms in total. The van der Waals surface area contributed by atoms with E-state index in [9.17, 15) is 13.2 Å². The Morgan fingerprint density at radius 1 is 1.43 bits per heavy atom. The van der Waals surface area contributed by atoms with Gasteiger partial charge in [-0.2, -0.15) is 0 Å². The van der Waals surface area contributed by atoms with Crippen molar-refractivity contribution in [1.82, 2.24) is 9.62 Å². The monoisotopic (exact) mass is 334 g/mol. The molecule has 1 unspecified atom stereocenters. The van der Waals surface area contributed by atoms with Gasteiger partial charge in [-0.3, -0.25) is 0 Å². The molecule has 0 heterocycles. The number of benzene rings is 1. The van der Waals surface area contributed by atoms with Crippen molar-refractivity contribution in [2.75, 3.05) is 20.6 Å². The Labute approximate surface area is 129 Å². The summed E-state index contributed by atoms with van der Waals surface area (Å²) in [5.74, 6) is -1.20. The van der Waals surface area contributed by atoms with Crippen LogP contribution in [0.1, 0.15) is 23.7 Å². The summed E-state index contributed by atoms with van der Waals surface area (Å²) in [4.78, 5) is 12.7. The summed E-state index contributed by atoms with van der Waals surface area (Å²) >= 11 is 5.88. The van der Waals surface area contributed by atoms with E-state index in [1.165, 1.54) is 12.1 Å². The van der Waals surface area contributed by atoms with Crippen LogP contribution in [0.4, 0.5) is 0 Å². The number of aromatic carboxylic acids is 1. The van der Waals surface area contributed by atoms with Crippen molar-refractivity contribution >= 4 is 27.6 Å². The number of nitrogens with one attached hydrogen (secondary N) is 1. The summed E-state index contributed by atoms with van der Waals surface area (Å²) in [6.45, 7) is 2.47. The van der Waals surface area contributed by atoms with Crippen molar-refractivity contribution in [1.29, 1.82) is 0 Å². The number of hydrogen-bond donors (Lipinski definition) is 2. The van der Waals surface area contributed by atoms with Crippen molar-refractivity contribution in [3.05, 3.63) is 28.8 Å². The van der Waals surface area contributed by atoms with Gasteiger partial charge in [-0.1, -0.05) is 11.6 Å². The van der Waals surface area contributed by atoms with Crippen LogP contribution in [0.3, 0.4) is 0 Å². The molecule has 0 aliphatic heterocycles. The molecule has 1 aromatic carbocycles. The topological polar surface area (TPSA) is 86.7 Å². The highest BCUT2D eigenvalue weighted by Crippen LogP contribution is 2.23. The van der Waals surface area contributed by atoms with Crippen LogP contribution in [-0.4, -0.2) is 51.1 Å². The fraction of sp³-hybridized carbons (Fsp3) is 0.462. The van der Waals surface area contributed by atoms with Gasteiger partial charge in [0.1, 0.15) is 4.90 Å². The smallest absolute Gasteiger partial charge is 0.335 e. The van der Waals surface area contributed by atoms with Gasteiger partial charge in [0.2, 0.25) is 10.0 Å². The summed E-state index contributed by atoms with van der Waals surface area (Å²) < 4.78 is 27.1. The molecular weight excluding hydrogens is 316 g/mol. The molecule has 0 aliphatic carbocycles. The van der Waals surface area contributed by atoms with Crippen molar-refractivity contribution in [2.45, 2.75) is 24.3 Å². The van der Waals surface area contributed by atoms with Crippen LogP contribution >= 0.6 is 11.6 Å². The predicted molar refractivity (Wildman–Crippen MR) is 81.4 cm³/mol. The van der Waals surface area contributed by atoms with Gasteiger partial charge in [-0.15, -0.1) is 0 Å². The number of hydrogen-bond acceptors (Lipinski definition) is 4. The minimum atomic E-state index is -3.86. The third kappa shape index (κ3) is 5.28. The summed E-state index contributed by atoms with van der Waals surface area (Å²) in [6.07, 6.45) is 0.627. The Hall–Kier alpha value is -1.15. The number of carboxylic acid groups (broad SMARTS) is 1. The number of carboxylic acids is 1. The van der Waals surface area contributed by atoms with Crippen molar-refractivity contribution in [3.63, 3.8) is 0 Å². The molecule has 0 bridgehead atoms. The van der Waals surface area contributed by atoms with E-state index in [0.29, 0.717) is 6.42 Å². The first-order valence-electron chi connectivity index (χ1n) is 6.33. The molecule has 0 spiro atoms. The molecule has 1 atom stereocenters. The van der Waals surface area contributed by atoms with E-state index >= 15 is 0 Å². The average Bonchev–Trinajstić information content (AvgIpc) is 2.35. The quantitative estimate of drug-likeness (QED) is 0.792. The van der Waals surface area contributed by atoms with E-state index in [4.69, 9.17) is 16.7 Å². The maximum Gasteiger partial charge on any atom is 0.335 e. The van der Waals surface area contributed by atoms with Crippen molar-refractivity contribution < 1.29 is 18.3 Å². The maximum absolute atomic E-state index is 12.3. The first-order valence-corrected chi connectivity index (χ1v) is 8.19. The van der Waals surface area contributed by atoms with Crippen LogP contribution in [0, 0.1) is 0 Å². The van der Waals surface area contributed by atoms with Gasteiger partial charge in [-0.05, 0) is 52.2 Å². The normalized spacial score (nSPS) is 13.4. The highest BCUT2D eigenvalue weighted by molar-refractivity contribution is 7.89. The Kier molecular flexibility index (Phi) is 6.15. The highest BCUT2D eigenvalue weighted by atomic mass is 35.5. The number of sulfonamides is 1. The second-order valence-corrected chi connectivity index (χ2v) is 7.15. The molecule has 0 saturated heterocycles. The first-order chi connectivity index (χ1) is 9.63. The van der Waals surface area contributed by atoms with Gasteiger partial charge in [0.15, 0.2) is 0 Å². The van der Waals surface area contributed by atoms with E-state index in [1.807, 2.05) is 19.0 Å². The largest absolute Gasteiger partial charge is 0.478 e. The molecule has 0 radical (unpaired) electrons. The van der Waals surface area contributed by atoms with Gasteiger partial charge in [-0.25, -0.2) is 17.9 Å². The van der Waals surface area contributed by atoms with Crippen LogP contribution in [-0.2, 0) is 10.0 Å². The SMILES string of the molecule is CC(CCN(C)C)NS(=O)(=O)c1cc(C(=O)O)ccc1Cl. The number of carbonyl (C=O) groups is 1. The zero-order chi connectivity index (χ0) is 16.2. The Morgan fingerprint density at radius 3 is 2.57 bits per heavy atom. The second kappa shape index (κ2) is 7.22. The average molecular weight is 335 g/mol. The van der Waals surface area contributed by atoms with Crippen LogP contribution < -0.4 is 4.72 Å². The van der Waals surface area contributed by atoms with Gasteiger partial charge in [0.05, 0.1) is 10.6 Å². The Morgan fingerprint density at radius 2 is 2.05 bits per heavy atom. The first kappa shape index (κ1) is 17.9. The fourth-order valence-corrected chi connectivity index (χ4v) is 3.49. The van der Waals surface area contributed by atoms with Crippen LogP contribution in [0.15, 0.2) is 23.1 Å². The lowest BCUT2D eigenvalue weighted by Gasteiger charge is -2.17. The number of halogens is 1. The second-order valence-electron chi connectivity index (χ2n) is 5.06. The molecule has 2 N–H and O–H groups in total. The van der Waals surface area contributed by atoms with Gasteiger partial charge >= 0.3 is 5.97 Å². The molecule has 118 valence electrons. The van der Waals surface area contributed by atoms with Crippen LogP contribution in [0.5, 0.6) is 0 Å². The molecule has 0 amide bonds. The number of rotatable bonds is 7. The third-order valence-electron chi connectivity index (χ3n) is 2.83. The van der Waals surface area contributed by atoms with Gasteiger partial charge < -0.3 is 10.0 Å². The van der Waals surface area contributed by atoms with Gasteiger partial charge in [0.25, 0.3) is 0 Å². The molecule has 0 saturated carbocycles. The lowest BCUT2D eigenvalue weighted by atomic mass is 10.2.